The van der Waals surface area contributed by atoms with Crippen LogP contribution in [0.4, 0.5) is 5.95 Å². The third-order valence-electron chi connectivity index (χ3n) is 2.69. The van der Waals surface area contributed by atoms with Crippen molar-refractivity contribution in [2.45, 2.75) is 0 Å². The molecule has 0 atom stereocenters. The van der Waals surface area contributed by atoms with Crippen LogP contribution in [0.2, 0.25) is 5.02 Å². The summed E-state index contributed by atoms with van der Waals surface area (Å²) in [5, 5.41) is 1.87. The van der Waals surface area contributed by atoms with Crippen LogP contribution in [0.25, 0.3) is 11.4 Å². The smallest absolute Gasteiger partial charge is 0.279 e. The molecular formula is C13H14ClN5O. The van der Waals surface area contributed by atoms with Crippen LogP contribution in [0, 0.1) is 0 Å². The quantitative estimate of drug-likeness (QED) is 0.523. The number of halogens is 1. The van der Waals surface area contributed by atoms with Gasteiger partial charge in [-0.05, 0) is 24.3 Å². The second kappa shape index (κ2) is 5.85. The van der Waals surface area contributed by atoms with Crippen molar-refractivity contribution in [2.24, 2.45) is 12.9 Å². The third kappa shape index (κ3) is 2.87. The number of hydrogen-bond acceptors (Lipinski definition) is 5. The first-order chi connectivity index (χ1) is 9.52. The summed E-state index contributed by atoms with van der Waals surface area (Å²) in [6.07, 6.45) is 1.60. The normalized spacial score (nSPS) is 10.3. The van der Waals surface area contributed by atoms with E-state index in [9.17, 15) is 4.79 Å². The lowest BCUT2D eigenvalue weighted by atomic mass is 10.2. The van der Waals surface area contributed by atoms with E-state index in [0.717, 1.165) is 5.56 Å². The summed E-state index contributed by atoms with van der Waals surface area (Å²) < 4.78 is 1.36. The van der Waals surface area contributed by atoms with Crippen molar-refractivity contribution in [1.29, 1.82) is 0 Å². The lowest BCUT2D eigenvalue weighted by Gasteiger charge is -2.16. The summed E-state index contributed by atoms with van der Waals surface area (Å²) in [5.41, 5.74) is 0.323. The first kappa shape index (κ1) is 14.2. The predicted molar refractivity (Wildman–Crippen MR) is 79.4 cm³/mol. The van der Waals surface area contributed by atoms with Crippen molar-refractivity contribution in [3.05, 3.63) is 52.4 Å². The van der Waals surface area contributed by atoms with Crippen LogP contribution in [0.3, 0.4) is 0 Å². The maximum atomic E-state index is 11.9. The molecule has 0 aliphatic rings. The van der Waals surface area contributed by atoms with Crippen molar-refractivity contribution < 1.29 is 0 Å². The van der Waals surface area contributed by atoms with Gasteiger partial charge in [0.2, 0.25) is 5.95 Å². The number of rotatable bonds is 4. The summed E-state index contributed by atoms with van der Waals surface area (Å²) >= 11 is 5.85. The highest BCUT2D eigenvalue weighted by Crippen LogP contribution is 2.19. The highest BCUT2D eigenvalue weighted by molar-refractivity contribution is 6.30. The molecule has 0 radical (unpaired) electrons. The Balaban J connectivity index is 2.54. The Labute approximate surface area is 121 Å². The minimum absolute atomic E-state index is 0.151. The van der Waals surface area contributed by atoms with Crippen molar-refractivity contribution in [1.82, 2.24) is 14.5 Å². The SMILES string of the molecule is C=CCN(N)c1nc(-c2ccc(Cl)cc2)n(C)c(=O)n1. The van der Waals surface area contributed by atoms with Gasteiger partial charge in [-0.1, -0.05) is 17.7 Å². The topological polar surface area (TPSA) is 77.0 Å². The second-order valence-electron chi connectivity index (χ2n) is 4.14. The zero-order valence-electron chi connectivity index (χ0n) is 11.0. The Morgan fingerprint density at radius 3 is 2.65 bits per heavy atom. The lowest BCUT2D eigenvalue weighted by molar-refractivity contribution is 0.756. The van der Waals surface area contributed by atoms with E-state index in [4.69, 9.17) is 17.4 Å². The van der Waals surface area contributed by atoms with E-state index in [2.05, 4.69) is 16.5 Å². The van der Waals surface area contributed by atoms with Gasteiger partial charge in [0, 0.05) is 17.6 Å². The van der Waals surface area contributed by atoms with Crippen LogP contribution < -0.4 is 16.5 Å². The van der Waals surface area contributed by atoms with E-state index < -0.39 is 5.69 Å². The molecule has 0 unspecified atom stereocenters. The molecule has 0 amide bonds. The largest absolute Gasteiger partial charge is 0.352 e. The van der Waals surface area contributed by atoms with Gasteiger partial charge in [-0.3, -0.25) is 9.58 Å². The minimum atomic E-state index is -0.431. The van der Waals surface area contributed by atoms with Crippen LogP contribution in [-0.2, 0) is 7.05 Å². The Bertz CT molecular complexity index is 680. The van der Waals surface area contributed by atoms with E-state index in [1.807, 2.05) is 0 Å². The molecule has 0 spiro atoms. The maximum Gasteiger partial charge on any atom is 0.352 e. The number of nitrogens with zero attached hydrogens (tertiary/aromatic N) is 4. The molecule has 1 aromatic heterocycles. The number of aromatic nitrogens is 3. The number of hydrazine groups is 1. The summed E-state index contributed by atoms with van der Waals surface area (Å²) in [5.74, 6) is 6.38. The van der Waals surface area contributed by atoms with Crippen LogP contribution in [0.15, 0.2) is 41.7 Å². The molecule has 6 nitrogen and oxygen atoms in total. The van der Waals surface area contributed by atoms with Gasteiger partial charge in [0.25, 0.3) is 0 Å². The fourth-order valence-electron chi connectivity index (χ4n) is 1.65. The minimum Gasteiger partial charge on any atom is -0.279 e. The van der Waals surface area contributed by atoms with Gasteiger partial charge >= 0.3 is 5.69 Å². The fraction of sp³-hybridized carbons (Fsp3) is 0.154. The number of nitrogens with two attached hydrogens (primary N) is 1. The van der Waals surface area contributed by atoms with E-state index in [-0.39, 0.29) is 5.95 Å². The Morgan fingerprint density at radius 2 is 2.05 bits per heavy atom. The Hall–Kier alpha value is -2.18. The van der Waals surface area contributed by atoms with Crippen molar-refractivity contribution in [2.75, 3.05) is 11.6 Å². The highest BCUT2D eigenvalue weighted by atomic mass is 35.5. The maximum absolute atomic E-state index is 11.9. The standard InChI is InChI=1S/C13H14ClN5O/c1-3-8-19(15)12-16-11(18(2)13(20)17-12)9-4-6-10(14)7-5-9/h3-7H,1,8,15H2,2H3. The predicted octanol–water partition coefficient (Wildman–Crippen LogP) is 1.36. The summed E-state index contributed by atoms with van der Waals surface area (Å²) in [6.45, 7) is 3.92. The van der Waals surface area contributed by atoms with Crippen LogP contribution >= 0.6 is 11.6 Å². The fourth-order valence-corrected chi connectivity index (χ4v) is 1.78. The molecule has 20 heavy (non-hydrogen) atoms. The Morgan fingerprint density at radius 1 is 1.40 bits per heavy atom. The van der Waals surface area contributed by atoms with Gasteiger partial charge in [-0.15, -0.1) is 6.58 Å². The third-order valence-corrected chi connectivity index (χ3v) is 2.94. The first-order valence-electron chi connectivity index (χ1n) is 5.87. The van der Waals surface area contributed by atoms with E-state index in [0.29, 0.717) is 17.4 Å². The zero-order chi connectivity index (χ0) is 14.7. The van der Waals surface area contributed by atoms with Crippen LogP contribution in [-0.4, -0.2) is 21.1 Å². The molecular weight excluding hydrogens is 278 g/mol. The van der Waals surface area contributed by atoms with Crippen LogP contribution in [0.1, 0.15) is 0 Å². The lowest BCUT2D eigenvalue weighted by Crippen LogP contribution is -2.36. The molecule has 2 rings (SSSR count). The molecule has 0 fully saturated rings. The molecule has 0 aliphatic carbocycles. The highest BCUT2D eigenvalue weighted by Gasteiger charge is 2.12. The van der Waals surface area contributed by atoms with E-state index in [1.54, 1.807) is 37.4 Å². The molecule has 1 aromatic carbocycles. The second-order valence-corrected chi connectivity index (χ2v) is 4.57. The molecule has 1 heterocycles. The van der Waals surface area contributed by atoms with E-state index >= 15 is 0 Å². The molecule has 0 saturated heterocycles. The zero-order valence-corrected chi connectivity index (χ0v) is 11.7. The summed E-state index contributed by atoms with van der Waals surface area (Å²) in [6, 6.07) is 7.02. The van der Waals surface area contributed by atoms with Crippen LogP contribution in [0.5, 0.6) is 0 Å². The molecule has 7 heteroatoms. The molecule has 0 bridgehead atoms. The van der Waals surface area contributed by atoms with Gasteiger partial charge in [0.05, 0.1) is 6.54 Å². The van der Waals surface area contributed by atoms with Gasteiger partial charge in [-0.2, -0.15) is 9.97 Å². The summed E-state index contributed by atoms with van der Waals surface area (Å²) in [4.78, 5) is 20.0. The van der Waals surface area contributed by atoms with Gasteiger partial charge in [0.15, 0.2) is 0 Å². The number of anilines is 1. The molecule has 0 saturated carbocycles. The number of benzene rings is 1. The average molecular weight is 292 g/mol. The van der Waals surface area contributed by atoms with Crippen molar-refractivity contribution in [3.63, 3.8) is 0 Å². The molecule has 104 valence electrons. The average Bonchev–Trinajstić information content (AvgIpc) is 2.43. The monoisotopic (exact) mass is 291 g/mol. The van der Waals surface area contributed by atoms with Gasteiger partial charge in [-0.25, -0.2) is 10.6 Å². The number of hydrogen-bond donors (Lipinski definition) is 1. The molecule has 2 N–H and O–H groups in total. The Kier molecular flexibility index (Phi) is 4.16. The first-order valence-corrected chi connectivity index (χ1v) is 6.25. The van der Waals surface area contributed by atoms with Gasteiger partial charge < -0.3 is 0 Å². The van der Waals surface area contributed by atoms with E-state index in [1.165, 1.54) is 9.58 Å². The summed E-state index contributed by atoms with van der Waals surface area (Å²) in [7, 11) is 1.60. The van der Waals surface area contributed by atoms with Gasteiger partial charge in [0.1, 0.15) is 5.82 Å². The van der Waals surface area contributed by atoms with Crippen molar-refractivity contribution >= 4 is 17.5 Å². The molecule has 0 aliphatic heterocycles. The van der Waals surface area contributed by atoms with Crippen molar-refractivity contribution in [3.8, 4) is 11.4 Å². The molecule has 2 aromatic rings.